The van der Waals surface area contributed by atoms with E-state index in [0.29, 0.717) is 12.1 Å². The number of rotatable bonds is 8. The Morgan fingerprint density at radius 2 is 1.45 bits per heavy atom. The molecule has 0 fully saturated rings. The monoisotopic (exact) mass is 412 g/mol. The van der Waals surface area contributed by atoms with Gasteiger partial charge in [-0.25, -0.2) is 0 Å². The van der Waals surface area contributed by atoms with Crippen LogP contribution in [0.2, 0.25) is 0 Å². The highest BCUT2D eigenvalue weighted by atomic mass is 16.2. The van der Waals surface area contributed by atoms with Crippen molar-refractivity contribution in [1.29, 1.82) is 0 Å². The molecule has 0 aliphatic carbocycles. The van der Waals surface area contributed by atoms with Crippen LogP contribution in [-0.2, 0) is 17.6 Å². The van der Waals surface area contributed by atoms with Crippen molar-refractivity contribution in [2.45, 2.75) is 38.3 Å². The molecular weight excluding hydrogens is 384 g/mol. The number of benzene rings is 3. The second-order valence-corrected chi connectivity index (χ2v) is 8.10. The molecule has 4 heteroatoms. The average molecular weight is 413 g/mol. The van der Waals surface area contributed by atoms with Gasteiger partial charge in [-0.1, -0.05) is 78.9 Å². The van der Waals surface area contributed by atoms with Gasteiger partial charge < -0.3 is 10.2 Å². The average Bonchev–Trinajstić information content (AvgIpc) is 3.11. The molecule has 1 aliphatic heterocycles. The normalized spacial score (nSPS) is 16.1. The van der Waals surface area contributed by atoms with Crippen LogP contribution in [0.1, 0.15) is 46.4 Å². The molecule has 31 heavy (non-hydrogen) atoms. The maximum atomic E-state index is 13.2. The maximum absolute atomic E-state index is 13.2. The summed E-state index contributed by atoms with van der Waals surface area (Å²) >= 11 is 0. The molecular formula is C27H28N2O2. The SMILES string of the molecule is CC(CCc1ccccc1)N1C(=O)c2ccccc2C1C(=O)NCCc1ccccc1. The summed E-state index contributed by atoms with van der Waals surface area (Å²) in [5, 5.41) is 3.06. The number of carbonyl (C=O) groups is 2. The molecule has 4 nitrogen and oxygen atoms in total. The van der Waals surface area contributed by atoms with Crippen LogP contribution in [0.5, 0.6) is 0 Å². The van der Waals surface area contributed by atoms with Gasteiger partial charge in [-0.3, -0.25) is 9.59 Å². The molecule has 0 radical (unpaired) electrons. The van der Waals surface area contributed by atoms with Gasteiger partial charge in [0.2, 0.25) is 5.91 Å². The lowest BCUT2D eigenvalue weighted by molar-refractivity contribution is -0.126. The Bertz CT molecular complexity index is 1030. The Hall–Kier alpha value is -3.40. The molecule has 158 valence electrons. The highest BCUT2D eigenvalue weighted by Gasteiger charge is 2.42. The minimum Gasteiger partial charge on any atom is -0.354 e. The number of nitrogens with zero attached hydrogens (tertiary/aromatic N) is 1. The van der Waals surface area contributed by atoms with Crippen molar-refractivity contribution in [1.82, 2.24) is 10.2 Å². The van der Waals surface area contributed by atoms with Crippen LogP contribution in [0.3, 0.4) is 0 Å². The van der Waals surface area contributed by atoms with Crippen LogP contribution in [-0.4, -0.2) is 29.3 Å². The maximum Gasteiger partial charge on any atom is 0.255 e. The topological polar surface area (TPSA) is 49.4 Å². The minimum absolute atomic E-state index is 0.0509. The van der Waals surface area contributed by atoms with Crippen LogP contribution in [0.15, 0.2) is 84.9 Å². The summed E-state index contributed by atoms with van der Waals surface area (Å²) < 4.78 is 0. The molecule has 1 aliphatic rings. The van der Waals surface area contributed by atoms with Gasteiger partial charge in [0.15, 0.2) is 0 Å². The molecule has 0 saturated heterocycles. The minimum atomic E-state index is -0.578. The predicted molar refractivity (Wildman–Crippen MR) is 123 cm³/mol. The van der Waals surface area contributed by atoms with Gasteiger partial charge in [0.1, 0.15) is 6.04 Å². The summed E-state index contributed by atoms with van der Waals surface area (Å²) in [5.41, 5.74) is 3.86. The van der Waals surface area contributed by atoms with Crippen molar-refractivity contribution in [2.24, 2.45) is 0 Å². The lowest BCUT2D eigenvalue weighted by Crippen LogP contribution is -2.44. The Kier molecular flexibility index (Phi) is 6.46. The third-order valence-corrected chi connectivity index (χ3v) is 5.97. The van der Waals surface area contributed by atoms with Crippen molar-refractivity contribution in [3.63, 3.8) is 0 Å². The highest BCUT2D eigenvalue weighted by Crippen LogP contribution is 2.36. The van der Waals surface area contributed by atoms with Crippen molar-refractivity contribution >= 4 is 11.8 Å². The van der Waals surface area contributed by atoms with Gasteiger partial charge in [-0.2, -0.15) is 0 Å². The second kappa shape index (κ2) is 9.61. The third-order valence-electron chi connectivity index (χ3n) is 5.97. The quantitative estimate of drug-likeness (QED) is 0.589. The van der Waals surface area contributed by atoms with Gasteiger partial charge in [-0.05, 0) is 48.9 Å². The Morgan fingerprint density at radius 3 is 2.13 bits per heavy atom. The van der Waals surface area contributed by atoms with E-state index in [0.717, 1.165) is 24.8 Å². The molecule has 0 aromatic heterocycles. The van der Waals surface area contributed by atoms with Crippen molar-refractivity contribution in [3.05, 3.63) is 107 Å². The molecule has 3 aromatic rings. The van der Waals surface area contributed by atoms with Gasteiger partial charge in [-0.15, -0.1) is 0 Å². The van der Waals surface area contributed by atoms with E-state index in [2.05, 4.69) is 29.6 Å². The fourth-order valence-corrected chi connectivity index (χ4v) is 4.29. The van der Waals surface area contributed by atoms with E-state index in [1.165, 1.54) is 11.1 Å². The first-order valence-corrected chi connectivity index (χ1v) is 10.9. The number of aryl methyl sites for hydroxylation is 1. The van der Waals surface area contributed by atoms with E-state index in [9.17, 15) is 9.59 Å². The third kappa shape index (κ3) is 4.69. The zero-order chi connectivity index (χ0) is 21.6. The molecule has 0 spiro atoms. The molecule has 1 N–H and O–H groups in total. The van der Waals surface area contributed by atoms with Crippen molar-refractivity contribution in [2.75, 3.05) is 6.54 Å². The molecule has 0 bridgehead atoms. The van der Waals surface area contributed by atoms with E-state index >= 15 is 0 Å². The molecule has 3 aromatic carbocycles. The molecule has 0 saturated carbocycles. The van der Waals surface area contributed by atoms with Crippen LogP contribution in [0.4, 0.5) is 0 Å². The van der Waals surface area contributed by atoms with E-state index < -0.39 is 6.04 Å². The van der Waals surface area contributed by atoms with E-state index in [1.54, 1.807) is 4.90 Å². The van der Waals surface area contributed by atoms with Gasteiger partial charge in [0.05, 0.1) is 0 Å². The van der Waals surface area contributed by atoms with Crippen molar-refractivity contribution in [3.8, 4) is 0 Å². The van der Waals surface area contributed by atoms with Gasteiger partial charge in [0.25, 0.3) is 5.91 Å². The molecule has 2 unspecified atom stereocenters. The standard InChI is InChI=1S/C27H28N2O2/c1-20(16-17-21-10-4-2-5-11-21)29-25(23-14-8-9-15-24(23)27(29)31)26(30)28-19-18-22-12-6-3-7-13-22/h2-15,20,25H,16-19H2,1H3,(H,28,30). The smallest absolute Gasteiger partial charge is 0.255 e. The lowest BCUT2D eigenvalue weighted by atomic mass is 10.0. The van der Waals surface area contributed by atoms with E-state index in [-0.39, 0.29) is 17.9 Å². The summed E-state index contributed by atoms with van der Waals surface area (Å²) in [6.07, 6.45) is 2.43. The van der Waals surface area contributed by atoms with Crippen molar-refractivity contribution < 1.29 is 9.59 Å². The molecule has 2 atom stereocenters. The molecule has 2 amide bonds. The number of carbonyl (C=O) groups excluding carboxylic acids is 2. The Morgan fingerprint density at radius 1 is 0.871 bits per heavy atom. The number of fused-ring (bicyclic) bond motifs is 1. The first-order valence-electron chi connectivity index (χ1n) is 10.9. The lowest BCUT2D eigenvalue weighted by Gasteiger charge is -2.30. The first kappa shape index (κ1) is 20.9. The summed E-state index contributed by atoms with van der Waals surface area (Å²) in [6, 6.07) is 27.2. The predicted octanol–water partition coefficient (Wildman–Crippen LogP) is 4.56. The largest absolute Gasteiger partial charge is 0.354 e. The Labute approximate surface area is 183 Å². The fraction of sp³-hybridized carbons (Fsp3) is 0.259. The Balaban J connectivity index is 1.47. The summed E-state index contributed by atoms with van der Waals surface area (Å²) in [7, 11) is 0. The van der Waals surface area contributed by atoms with Crippen LogP contribution in [0.25, 0.3) is 0 Å². The fourth-order valence-electron chi connectivity index (χ4n) is 4.29. The summed E-state index contributed by atoms with van der Waals surface area (Å²) in [5.74, 6) is -0.167. The summed E-state index contributed by atoms with van der Waals surface area (Å²) in [4.78, 5) is 28.2. The number of amides is 2. The van der Waals surface area contributed by atoms with Gasteiger partial charge >= 0.3 is 0 Å². The number of hydrogen-bond donors (Lipinski definition) is 1. The molecule has 4 rings (SSSR count). The summed E-state index contributed by atoms with van der Waals surface area (Å²) in [6.45, 7) is 2.58. The first-order chi connectivity index (χ1) is 15.1. The zero-order valence-electron chi connectivity index (χ0n) is 17.8. The number of hydrogen-bond acceptors (Lipinski definition) is 2. The number of nitrogens with one attached hydrogen (secondary N) is 1. The van der Waals surface area contributed by atoms with Crippen LogP contribution in [0, 0.1) is 0 Å². The second-order valence-electron chi connectivity index (χ2n) is 8.10. The van der Waals surface area contributed by atoms with E-state index in [1.807, 2.05) is 67.6 Å². The van der Waals surface area contributed by atoms with Crippen LogP contribution < -0.4 is 5.32 Å². The zero-order valence-corrected chi connectivity index (χ0v) is 17.8. The van der Waals surface area contributed by atoms with E-state index in [4.69, 9.17) is 0 Å². The van der Waals surface area contributed by atoms with Gasteiger partial charge in [0, 0.05) is 18.2 Å². The highest BCUT2D eigenvalue weighted by molar-refractivity contribution is 6.04. The van der Waals surface area contributed by atoms with Crippen LogP contribution >= 0.6 is 0 Å². The molecule has 1 heterocycles.